The van der Waals surface area contributed by atoms with Gasteiger partial charge < -0.3 is 15.3 Å². The Hall–Kier alpha value is -8.35. The number of amidine groups is 2. The smallest absolute Gasteiger partial charge is 0.162 e. The largest absolute Gasteiger partial charge is 0.383 e. The number of aromatic amines is 1. The van der Waals surface area contributed by atoms with E-state index in [-0.39, 0.29) is 0 Å². The summed E-state index contributed by atoms with van der Waals surface area (Å²) in [6.07, 6.45) is 0. The van der Waals surface area contributed by atoms with Gasteiger partial charge in [-0.3, -0.25) is 0 Å². The highest BCUT2D eigenvalue weighted by atomic mass is 15.0. The third-order valence-corrected chi connectivity index (χ3v) is 11.5. The van der Waals surface area contributed by atoms with Crippen LogP contribution in [0.15, 0.2) is 217 Å². The number of para-hydroxylation sites is 3. The van der Waals surface area contributed by atoms with Crippen molar-refractivity contribution in [3.63, 3.8) is 0 Å². The lowest BCUT2D eigenvalue weighted by Gasteiger charge is -2.12. The van der Waals surface area contributed by atoms with Crippen molar-refractivity contribution in [3.8, 4) is 28.1 Å². The van der Waals surface area contributed by atoms with Gasteiger partial charge in [-0.2, -0.15) is 0 Å². The molecule has 0 radical (unpaired) electrons. The summed E-state index contributed by atoms with van der Waals surface area (Å²) in [5.74, 6) is 0.796. The fourth-order valence-corrected chi connectivity index (χ4v) is 8.59. The van der Waals surface area contributed by atoms with Crippen molar-refractivity contribution in [2.24, 2.45) is 15.7 Å². The summed E-state index contributed by atoms with van der Waals surface area (Å²) in [5, 5.41) is 5.78. The Labute approximate surface area is 352 Å². The number of rotatable bonds is 7. The van der Waals surface area contributed by atoms with Crippen LogP contribution in [0.4, 0.5) is 0 Å². The molecule has 288 valence electrons. The van der Waals surface area contributed by atoms with Gasteiger partial charge in [0, 0.05) is 60.4 Å². The van der Waals surface area contributed by atoms with Crippen LogP contribution in [-0.4, -0.2) is 26.2 Å². The Morgan fingerprint density at radius 3 is 1.90 bits per heavy atom. The third kappa shape index (κ3) is 6.35. The van der Waals surface area contributed by atoms with E-state index in [2.05, 4.69) is 162 Å². The molecule has 8 aromatic carbocycles. The van der Waals surface area contributed by atoms with E-state index in [1.165, 1.54) is 10.8 Å². The number of hydrogen-bond acceptors (Lipinski definition) is 2. The predicted molar refractivity (Wildman–Crippen MR) is 255 cm³/mol. The molecular weight excluding hydrogens is 745 g/mol. The van der Waals surface area contributed by atoms with Crippen LogP contribution in [0.5, 0.6) is 0 Å². The van der Waals surface area contributed by atoms with Crippen molar-refractivity contribution in [1.29, 1.82) is 0 Å². The Morgan fingerprint density at radius 2 is 1.13 bits per heavy atom. The van der Waals surface area contributed by atoms with Crippen molar-refractivity contribution in [3.05, 3.63) is 223 Å². The summed E-state index contributed by atoms with van der Waals surface area (Å²) in [5.41, 5.74) is 20.0. The molecule has 0 aliphatic heterocycles. The molecule has 0 bridgehead atoms. The zero-order valence-corrected chi connectivity index (χ0v) is 33.1. The van der Waals surface area contributed by atoms with Crippen molar-refractivity contribution < 1.29 is 0 Å². The summed E-state index contributed by atoms with van der Waals surface area (Å²) in [6, 6.07) is 68.8. The molecule has 6 nitrogen and oxygen atoms in total. The number of nitrogens with zero attached hydrogens (tertiary/aromatic N) is 4. The SMILES string of the molecule is C=C(N=C(N=C(N)c1ccccc1)c1cccc(-c2nc3ccc(-c4ccccc4)cc3c3c2[nH]c2ccccc23)c1)c1cccc(-n2c3ccccc3c3ccccc32)c1. The van der Waals surface area contributed by atoms with Crippen molar-refractivity contribution in [2.45, 2.75) is 0 Å². The second-order valence-electron chi connectivity index (χ2n) is 15.2. The summed E-state index contributed by atoms with van der Waals surface area (Å²) in [4.78, 5) is 19.3. The van der Waals surface area contributed by atoms with Crippen molar-refractivity contribution >= 4 is 71.9 Å². The molecule has 3 N–H and O–H groups in total. The van der Waals surface area contributed by atoms with Gasteiger partial charge in [0.15, 0.2) is 5.84 Å². The van der Waals surface area contributed by atoms with E-state index in [1.54, 1.807) is 0 Å². The zero-order valence-electron chi connectivity index (χ0n) is 33.1. The Kier molecular flexibility index (Phi) is 8.68. The molecule has 0 saturated carbocycles. The van der Waals surface area contributed by atoms with Gasteiger partial charge in [0.1, 0.15) is 5.84 Å². The van der Waals surface area contributed by atoms with Crippen LogP contribution in [0.25, 0.3) is 88.3 Å². The first-order valence-electron chi connectivity index (χ1n) is 20.3. The normalized spacial score (nSPS) is 12.3. The molecule has 0 fully saturated rings. The summed E-state index contributed by atoms with van der Waals surface area (Å²) in [6.45, 7) is 4.50. The van der Waals surface area contributed by atoms with Crippen molar-refractivity contribution in [1.82, 2.24) is 14.5 Å². The van der Waals surface area contributed by atoms with Gasteiger partial charge in [-0.1, -0.05) is 158 Å². The van der Waals surface area contributed by atoms with E-state index in [4.69, 9.17) is 20.7 Å². The molecule has 11 rings (SSSR count). The number of aromatic nitrogens is 3. The first kappa shape index (κ1) is 35.8. The molecular formula is C55H38N6. The van der Waals surface area contributed by atoms with E-state index >= 15 is 0 Å². The molecule has 11 aromatic rings. The topological polar surface area (TPSA) is 84.3 Å². The number of fused-ring (bicyclic) bond motifs is 8. The Balaban J connectivity index is 1.05. The van der Waals surface area contributed by atoms with Gasteiger partial charge in [-0.05, 0) is 59.7 Å². The van der Waals surface area contributed by atoms with Crippen LogP contribution in [-0.2, 0) is 0 Å². The second-order valence-corrected chi connectivity index (χ2v) is 15.2. The fraction of sp³-hybridized carbons (Fsp3) is 0. The monoisotopic (exact) mass is 782 g/mol. The van der Waals surface area contributed by atoms with Gasteiger partial charge in [0.05, 0.1) is 33.5 Å². The van der Waals surface area contributed by atoms with Gasteiger partial charge in [0.25, 0.3) is 0 Å². The molecule has 3 aromatic heterocycles. The van der Waals surface area contributed by atoms with Gasteiger partial charge in [-0.15, -0.1) is 0 Å². The van der Waals surface area contributed by atoms with Crippen LogP contribution in [0.3, 0.4) is 0 Å². The lowest BCUT2D eigenvalue weighted by atomic mass is 9.98. The molecule has 3 heterocycles. The zero-order chi connectivity index (χ0) is 40.9. The van der Waals surface area contributed by atoms with Gasteiger partial charge in [-0.25, -0.2) is 15.0 Å². The average Bonchev–Trinajstić information content (AvgIpc) is 3.88. The number of benzene rings is 8. The molecule has 61 heavy (non-hydrogen) atoms. The van der Waals surface area contributed by atoms with Gasteiger partial charge >= 0.3 is 0 Å². The van der Waals surface area contributed by atoms with E-state index < -0.39 is 0 Å². The third-order valence-electron chi connectivity index (χ3n) is 11.5. The highest BCUT2D eigenvalue weighted by molar-refractivity contribution is 6.23. The molecule has 0 spiro atoms. The molecule has 0 saturated heterocycles. The highest BCUT2D eigenvalue weighted by Crippen LogP contribution is 2.39. The minimum Gasteiger partial charge on any atom is -0.383 e. The summed E-state index contributed by atoms with van der Waals surface area (Å²) in [7, 11) is 0. The van der Waals surface area contributed by atoms with Crippen molar-refractivity contribution in [2.75, 3.05) is 0 Å². The van der Waals surface area contributed by atoms with Crippen LogP contribution >= 0.6 is 0 Å². The van der Waals surface area contributed by atoms with E-state index in [1.807, 2.05) is 54.6 Å². The first-order valence-corrected chi connectivity index (χ1v) is 20.3. The van der Waals surface area contributed by atoms with E-state index in [0.29, 0.717) is 17.4 Å². The predicted octanol–water partition coefficient (Wildman–Crippen LogP) is 13.1. The fourth-order valence-electron chi connectivity index (χ4n) is 8.59. The number of H-pyrrole nitrogens is 1. The second kappa shape index (κ2) is 14.8. The average molecular weight is 783 g/mol. The molecule has 0 atom stereocenters. The number of aliphatic imine (C=N–C) groups is 2. The van der Waals surface area contributed by atoms with Gasteiger partial charge in [0.2, 0.25) is 0 Å². The van der Waals surface area contributed by atoms with Crippen LogP contribution < -0.4 is 5.73 Å². The minimum absolute atomic E-state index is 0.354. The van der Waals surface area contributed by atoms with Crippen LogP contribution in [0.1, 0.15) is 16.7 Å². The maximum absolute atomic E-state index is 6.74. The van der Waals surface area contributed by atoms with Crippen LogP contribution in [0.2, 0.25) is 0 Å². The number of hydrogen-bond donors (Lipinski definition) is 2. The molecule has 0 unspecified atom stereocenters. The highest BCUT2D eigenvalue weighted by Gasteiger charge is 2.18. The standard InChI is InChI=1S/C55H38N6/c1-35(38-20-15-23-42(33-38)61-49-28-12-9-24-43(49)44-25-10-13-29-50(44)61)57-55(60-54(56)37-18-6-3-7-19-37)41-22-14-21-40(32-41)52-53-51(45-26-8-11-27-47(45)59-53)46-34-39(30-31-48(46)58-52)36-16-4-2-5-17-36/h2-34,59H,1H2,(H2,56,57,60). The van der Waals surface area contributed by atoms with Crippen LogP contribution in [0, 0.1) is 0 Å². The van der Waals surface area contributed by atoms with E-state index in [0.717, 1.165) is 88.5 Å². The summed E-state index contributed by atoms with van der Waals surface area (Å²) < 4.78 is 2.30. The maximum Gasteiger partial charge on any atom is 0.162 e. The molecule has 6 heteroatoms. The van der Waals surface area contributed by atoms with E-state index in [9.17, 15) is 0 Å². The summed E-state index contributed by atoms with van der Waals surface area (Å²) >= 11 is 0. The molecule has 0 amide bonds. The quantitative estimate of drug-likeness (QED) is 0.125. The lowest BCUT2D eigenvalue weighted by Crippen LogP contribution is -2.16. The number of nitrogens with two attached hydrogens (primary N) is 1. The molecule has 0 aliphatic rings. The Morgan fingerprint density at radius 1 is 0.508 bits per heavy atom. The minimum atomic E-state index is 0.354. The maximum atomic E-state index is 6.74. The lowest BCUT2D eigenvalue weighted by molar-refractivity contribution is 1.18. The number of nitrogens with one attached hydrogen (secondary N) is 1. The molecule has 0 aliphatic carbocycles. The first-order chi connectivity index (χ1) is 30.1. The Bertz CT molecular complexity index is 3500. The number of pyridine rings is 1.